The normalized spacial score (nSPS) is 18.9. The molecule has 25 heavy (non-hydrogen) atoms. The molecule has 1 aliphatic carbocycles. The fourth-order valence-electron chi connectivity index (χ4n) is 3.61. The predicted molar refractivity (Wildman–Crippen MR) is 91.6 cm³/mol. The quantitative estimate of drug-likeness (QED) is 0.840. The Morgan fingerprint density at radius 3 is 2.52 bits per heavy atom. The second-order valence-corrected chi connectivity index (χ2v) is 6.79. The van der Waals surface area contributed by atoms with E-state index in [1.807, 2.05) is 4.90 Å². The van der Waals surface area contributed by atoms with E-state index in [1.165, 1.54) is 12.1 Å². The maximum absolute atomic E-state index is 13.1. The average molecular weight is 348 g/mol. The molecule has 0 aromatic heterocycles. The molecule has 0 spiro atoms. The van der Waals surface area contributed by atoms with Gasteiger partial charge in [-0.15, -0.1) is 0 Å². The third kappa shape index (κ3) is 4.71. The Morgan fingerprint density at radius 1 is 1.04 bits per heavy atom. The molecule has 1 saturated carbocycles. The molecular weight excluding hydrogens is 323 g/mol. The molecule has 0 N–H and O–H groups in total. The van der Waals surface area contributed by atoms with Crippen LogP contribution in [-0.4, -0.2) is 54.4 Å². The van der Waals surface area contributed by atoms with Gasteiger partial charge in [0.1, 0.15) is 11.6 Å². The van der Waals surface area contributed by atoms with Gasteiger partial charge in [-0.3, -0.25) is 9.59 Å². The minimum atomic E-state index is -0.388. The van der Waals surface area contributed by atoms with Crippen molar-refractivity contribution < 1.29 is 18.7 Å². The van der Waals surface area contributed by atoms with Gasteiger partial charge in [0.25, 0.3) is 5.91 Å². The number of ether oxygens (including phenoxy) is 1. The molecule has 136 valence electrons. The van der Waals surface area contributed by atoms with Crippen LogP contribution in [0, 0.1) is 11.7 Å². The number of rotatable bonds is 4. The van der Waals surface area contributed by atoms with Crippen LogP contribution >= 0.6 is 0 Å². The fraction of sp³-hybridized carbons (Fsp3) is 0.579. The molecule has 5 nitrogen and oxygen atoms in total. The second kappa shape index (κ2) is 8.32. The lowest BCUT2D eigenvalue weighted by molar-refractivity contribution is -0.136. The van der Waals surface area contributed by atoms with Crippen LogP contribution in [-0.2, 0) is 9.59 Å². The zero-order chi connectivity index (χ0) is 17.6. The summed E-state index contributed by atoms with van der Waals surface area (Å²) in [4.78, 5) is 28.5. The van der Waals surface area contributed by atoms with Crippen molar-refractivity contribution in [2.24, 2.45) is 5.92 Å². The molecule has 2 aliphatic rings. The average Bonchev–Trinajstić information content (AvgIpc) is 3.03. The molecule has 0 bridgehead atoms. The standard InChI is InChI=1S/C19H25FN2O3/c20-16-7-3-8-17(13-16)25-14-18(23)21-9-4-10-22(12-11-21)19(24)15-5-1-2-6-15/h3,7-8,13,15H,1-2,4-6,9-12,14H2. The lowest BCUT2D eigenvalue weighted by Gasteiger charge is -2.24. The van der Waals surface area contributed by atoms with Crippen LogP contribution in [0.4, 0.5) is 4.39 Å². The van der Waals surface area contributed by atoms with Crippen LogP contribution in [0.3, 0.4) is 0 Å². The van der Waals surface area contributed by atoms with Gasteiger partial charge < -0.3 is 14.5 Å². The highest BCUT2D eigenvalue weighted by molar-refractivity contribution is 5.80. The van der Waals surface area contributed by atoms with E-state index in [4.69, 9.17) is 4.74 Å². The number of hydrogen-bond donors (Lipinski definition) is 0. The van der Waals surface area contributed by atoms with Gasteiger partial charge in [0, 0.05) is 38.2 Å². The molecule has 6 heteroatoms. The number of nitrogens with zero attached hydrogens (tertiary/aromatic N) is 2. The Hall–Kier alpha value is -2.11. The van der Waals surface area contributed by atoms with Gasteiger partial charge in [-0.05, 0) is 31.4 Å². The van der Waals surface area contributed by atoms with E-state index in [2.05, 4.69) is 0 Å². The summed E-state index contributed by atoms with van der Waals surface area (Å²) >= 11 is 0. The lowest BCUT2D eigenvalue weighted by Crippen LogP contribution is -2.40. The SMILES string of the molecule is O=C(COc1cccc(F)c1)N1CCCN(C(=O)C2CCCC2)CC1. The number of carbonyl (C=O) groups is 2. The van der Waals surface area contributed by atoms with Gasteiger partial charge in [0.15, 0.2) is 6.61 Å². The number of benzene rings is 1. The van der Waals surface area contributed by atoms with Gasteiger partial charge >= 0.3 is 0 Å². The van der Waals surface area contributed by atoms with Gasteiger partial charge in [0.2, 0.25) is 5.91 Å². The van der Waals surface area contributed by atoms with Gasteiger partial charge in [-0.1, -0.05) is 18.9 Å². The van der Waals surface area contributed by atoms with Crippen LogP contribution in [0.25, 0.3) is 0 Å². The Balaban J connectivity index is 1.48. The molecular formula is C19H25FN2O3. The Morgan fingerprint density at radius 2 is 1.76 bits per heavy atom. The summed E-state index contributed by atoms with van der Waals surface area (Å²) in [7, 11) is 0. The summed E-state index contributed by atoms with van der Waals surface area (Å²) in [6, 6.07) is 5.77. The van der Waals surface area contributed by atoms with Crippen LogP contribution < -0.4 is 4.74 Å². The Kier molecular flexibility index (Phi) is 5.89. The van der Waals surface area contributed by atoms with Crippen LogP contribution in [0.1, 0.15) is 32.1 Å². The first-order valence-corrected chi connectivity index (χ1v) is 9.08. The summed E-state index contributed by atoms with van der Waals surface area (Å²) in [5.74, 6) is 0.266. The van der Waals surface area contributed by atoms with E-state index in [-0.39, 0.29) is 30.2 Å². The monoisotopic (exact) mass is 348 g/mol. The number of hydrogen-bond acceptors (Lipinski definition) is 3. The van der Waals surface area contributed by atoms with Crippen molar-refractivity contribution in [2.45, 2.75) is 32.1 Å². The first kappa shape index (κ1) is 17.7. The van der Waals surface area contributed by atoms with Crippen molar-refractivity contribution >= 4 is 11.8 Å². The Bertz CT molecular complexity index is 616. The smallest absolute Gasteiger partial charge is 0.260 e. The molecule has 0 unspecified atom stereocenters. The highest BCUT2D eigenvalue weighted by atomic mass is 19.1. The molecule has 1 aromatic rings. The predicted octanol–water partition coefficient (Wildman–Crippen LogP) is 2.46. The topological polar surface area (TPSA) is 49.9 Å². The zero-order valence-corrected chi connectivity index (χ0v) is 14.5. The highest BCUT2D eigenvalue weighted by Gasteiger charge is 2.29. The van der Waals surface area contributed by atoms with Gasteiger partial charge in [-0.25, -0.2) is 4.39 Å². The van der Waals surface area contributed by atoms with Crippen molar-refractivity contribution in [3.8, 4) is 5.75 Å². The van der Waals surface area contributed by atoms with E-state index in [0.717, 1.165) is 32.1 Å². The zero-order valence-electron chi connectivity index (χ0n) is 14.5. The largest absolute Gasteiger partial charge is 0.484 e. The molecule has 0 atom stereocenters. The number of halogens is 1. The first-order valence-electron chi connectivity index (χ1n) is 9.08. The van der Waals surface area contributed by atoms with Crippen molar-refractivity contribution in [1.29, 1.82) is 0 Å². The van der Waals surface area contributed by atoms with Crippen LogP contribution in [0.2, 0.25) is 0 Å². The lowest BCUT2D eigenvalue weighted by atomic mass is 10.1. The summed E-state index contributed by atoms with van der Waals surface area (Å²) in [5, 5.41) is 0. The van der Waals surface area contributed by atoms with E-state index < -0.39 is 0 Å². The highest BCUT2D eigenvalue weighted by Crippen LogP contribution is 2.27. The van der Waals surface area contributed by atoms with E-state index in [1.54, 1.807) is 17.0 Å². The molecule has 2 fully saturated rings. The van der Waals surface area contributed by atoms with Crippen molar-refractivity contribution in [3.63, 3.8) is 0 Å². The minimum absolute atomic E-state index is 0.111. The third-order valence-electron chi connectivity index (χ3n) is 5.02. The van der Waals surface area contributed by atoms with Crippen molar-refractivity contribution in [3.05, 3.63) is 30.1 Å². The van der Waals surface area contributed by atoms with Crippen LogP contribution in [0.15, 0.2) is 24.3 Å². The van der Waals surface area contributed by atoms with Crippen molar-refractivity contribution in [2.75, 3.05) is 32.8 Å². The summed E-state index contributed by atoms with van der Waals surface area (Å²) in [5.41, 5.74) is 0. The van der Waals surface area contributed by atoms with Crippen molar-refractivity contribution in [1.82, 2.24) is 9.80 Å². The molecule has 2 amide bonds. The van der Waals surface area contributed by atoms with E-state index in [9.17, 15) is 14.0 Å². The first-order chi connectivity index (χ1) is 12.1. The molecule has 0 radical (unpaired) electrons. The van der Waals surface area contributed by atoms with E-state index in [0.29, 0.717) is 31.9 Å². The summed E-state index contributed by atoms with van der Waals surface area (Å²) in [6.07, 6.45) is 5.07. The second-order valence-electron chi connectivity index (χ2n) is 6.79. The Labute approximate surface area is 147 Å². The minimum Gasteiger partial charge on any atom is -0.484 e. The molecule has 1 saturated heterocycles. The molecule has 1 aliphatic heterocycles. The fourth-order valence-corrected chi connectivity index (χ4v) is 3.61. The van der Waals surface area contributed by atoms with Crippen LogP contribution in [0.5, 0.6) is 5.75 Å². The molecule has 3 rings (SSSR count). The molecule has 1 heterocycles. The summed E-state index contributed by atoms with van der Waals surface area (Å²) in [6.45, 7) is 2.34. The number of carbonyl (C=O) groups excluding carboxylic acids is 2. The van der Waals surface area contributed by atoms with E-state index >= 15 is 0 Å². The summed E-state index contributed by atoms with van der Waals surface area (Å²) < 4.78 is 18.5. The molecule has 1 aromatic carbocycles. The maximum atomic E-state index is 13.1. The van der Waals surface area contributed by atoms with Gasteiger partial charge in [-0.2, -0.15) is 0 Å². The maximum Gasteiger partial charge on any atom is 0.260 e. The van der Waals surface area contributed by atoms with Gasteiger partial charge in [0.05, 0.1) is 0 Å². The number of amides is 2. The third-order valence-corrected chi connectivity index (χ3v) is 5.02.